The van der Waals surface area contributed by atoms with E-state index in [0.29, 0.717) is 0 Å². The fourth-order valence-electron chi connectivity index (χ4n) is 3.24. The second-order valence-electron chi connectivity index (χ2n) is 6.61. The molecule has 2 saturated heterocycles. The van der Waals surface area contributed by atoms with Gasteiger partial charge >= 0.3 is 6.18 Å². The van der Waals surface area contributed by atoms with Gasteiger partial charge in [0.15, 0.2) is 0 Å². The molecular formula is C13H19F5O. The summed E-state index contributed by atoms with van der Waals surface area (Å²) in [4.78, 5) is 0. The summed E-state index contributed by atoms with van der Waals surface area (Å²) >= 11 is 0. The second-order valence-corrected chi connectivity index (χ2v) is 6.61. The molecule has 5 unspecified atom stereocenters. The lowest BCUT2D eigenvalue weighted by Crippen LogP contribution is -2.49. The van der Waals surface area contributed by atoms with Crippen molar-refractivity contribution in [2.75, 3.05) is 0 Å². The minimum atomic E-state index is -4.49. The molecule has 0 spiro atoms. The highest BCUT2D eigenvalue weighted by Gasteiger charge is 2.68. The number of rotatable bonds is 2. The van der Waals surface area contributed by atoms with Crippen LogP contribution in [0, 0.1) is 23.2 Å². The van der Waals surface area contributed by atoms with Gasteiger partial charge in [-0.1, -0.05) is 27.7 Å². The molecule has 2 rings (SSSR count). The van der Waals surface area contributed by atoms with Crippen molar-refractivity contribution in [2.24, 2.45) is 23.2 Å². The summed E-state index contributed by atoms with van der Waals surface area (Å²) in [5.74, 6) is -4.96. The normalized spacial score (nSPS) is 41.8. The molecule has 0 radical (unpaired) electrons. The van der Waals surface area contributed by atoms with Crippen molar-refractivity contribution < 1.29 is 26.7 Å². The Balaban J connectivity index is 2.23. The zero-order valence-electron chi connectivity index (χ0n) is 11.4. The predicted octanol–water partition coefficient (Wildman–Crippen LogP) is 4.27. The second kappa shape index (κ2) is 4.06. The van der Waals surface area contributed by atoms with E-state index in [1.54, 1.807) is 13.8 Å². The minimum Gasteiger partial charge on any atom is -0.368 e. The number of alkyl halides is 5. The van der Waals surface area contributed by atoms with Gasteiger partial charge in [0.1, 0.15) is 6.10 Å². The smallest absolute Gasteiger partial charge is 0.368 e. The zero-order chi connectivity index (χ0) is 14.8. The Kier molecular flexibility index (Phi) is 3.20. The molecule has 2 aliphatic heterocycles. The molecular weight excluding hydrogens is 267 g/mol. The van der Waals surface area contributed by atoms with Gasteiger partial charge in [-0.05, 0) is 18.3 Å². The zero-order valence-corrected chi connectivity index (χ0v) is 11.4. The van der Waals surface area contributed by atoms with Crippen LogP contribution in [0.1, 0.15) is 34.1 Å². The first kappa shape index (κ1) is 15.0. The molecule has 0 saturated carbocycles. The van der Waals surface area contributed by atoms with Gasteiger partial charge in [-0.2, -0.15) is 13.2 Å². The summed E-state index contributed by atoms with van der Waals surface area (Å²) in [6.07, 6.45) is -7.08. The molecule has 5 atom stereocenters. The Bertz CT molecular complexity index is 363. The van der Waals surface area contributed by atoms with Gasteiger partial charge in [0.05, 0.1) is 17.4 Å². The van der Waals surface area contributed by atoms with Crippen molar-refractivity contribution >= 4 is 0 Å². The van der Waals surface area contributed by atoms with Crippen LogP contribution in [0.15, 0.2) is 0 Å². The summed E-state index contributed by atoms with van der Waals surface area (Å²) in [7, 11) is 0. The highest BCUT2D eigenvalue weighted by Crippen LogP contribution is 2.58. The summed E-state index contributed by atoms with van der Waals surface area (Å²) < 4.78 is 72.2. The third kappa shape index (κ3) is 2.06. The number of halogens is 5. The molecule has 0 aromatic heterocycles. The number of ether oxygens (including phenoxy) is 1. The fraction of sp³-hybridized carbons (Fsp3) is 1.00. The van der Waals surface area contributed by atoms with Gasteiger partial charge < -0.3 is 4.74 Å². The van der Waals surface area contributed by atoms with E-state index in [9.17, 15) is 22.0 Å². The van der Waals surface area contributed by atoms with E-state index in [-0.39, 0.29) is 11.8 Å². The van der Waals surface area contributed by atoms with E-state index in [1.165, 1.54) is 0 Å². The maximum Gasteiger partial charge on any atom is 0.393 e. The number of hydrogen-bond donors (Lipinski definition) is 0. The molecule has 0 aromatic carbocycles. The molecule has 0 aromatic rings. The topological polar surface area (TPSA) is 9.23 Å². The Hall–Kier alpha value is -0.390. The first-order valence-corrected chi connectivity index (χ1v) is 6.49. The molecule has 2 aliphatic rings. The Morgan fingerprint density at radius 2 is 1.58 bits per heavy atom. The third-order valence-electron chi connectivity index (χ3n) is 4.90. The molecule has 0 N–H and O–H groups in total. The molecule has 19 heavy (non-hydrogen) atoms. The van der Waals surface area contributed by atoms with E-state index in [1.807, 2.05) is 0 Å². The van der Waals surface area contributed by atoms with Crippen LogP contribution in [0.5, 0.6) is 0 Å². The van der Waals surface area contributed by atoms with Crippen LogP contribution in [-0.2, 0) is 4.74 Å². The summed E-state index contributed by atoms with van der Waals surface area (Å²) in [5, 5.41) is 0. The first-order chi connectivity index (χ1) is 8.39. The van der Waals surface area contributed by atoms with Gasteiger partial charge in [-0.25, -0.2) is 8.78 Å². The lowest BCUT2D eigenvalue weighted by atomic mass is 9.68. The maximum atomic E-state index is 14.2. The third-order valence-corrected chi connectivity index (χ3v) is 4.90. The quantitative estimate of drug-likeness (QED) is 0.689. The Morgan fingerprint density at radius 3 is 2.00 bits per heavy atom. The number of fused-ring (bicyclic) bond motifs is 2. The molecule has 2 fully saturated rings. The monoisotopic (exact) mass is 286 g/mol. The van der Waals surface area contributed by atoms with Crippen LogP contribution < -0.4 is 0 Å². The van der Waals surface area contributed by atoms with E-state index < -0.39 is 42.1 Å². The summed E-state index contributed by atoms with van der Waals surface area (Å²) in [5.41, 5.74) is -2.13. The van der Waals surface area contributed by atoms with Crippen LogP contribution in [0.2, 0.25) is 0 Å². The molecule has 112 valence electrons. The van der Waals surface area contributed by atoms with Gasteiger partial charge in [0, 0.05) is 0 Å². The summed E-state index contributed by atoms with van der Waals surface area (Å²) in [6.45, 7) is 5.40. The van der Waals surface area contributed by atoms with Crippen molar-refractivity contribution in [3.05, 3.63) is 0 Å². The number of hydrogen-bond acceptors (Lipinski definition) is 1. The van der Waals surface area contributed by atoms with Crippen molar-refractivity contribution in [1.29, 1.82) is 0 Å². The molecule has 2 bridgehead atoms. The van der Waals surface area contributed by atoms with Crippen molar-refractivity contribution in [3.63, 3.8) is 0 Å². The van der Waals surface area contributed by atoms with Gasteiger partial charge in [-0.3, -0.25) is 0 Å². The predicted molar refractivity (Wildman–Crippen MR) is 59.9 cm³/mol. The molecule has 2 heterocycles. The molecule has 0 aliphatic carbocycles. The van der Waals surface area contributed by atoms with Crippen LogP contribution in [0.3, 0.4) is 0 Å². The van der Waals surface area contributed by atoms with Crippen LogP contribution in [-0.4, -0.2) is 24.3 Å². The van der Waals surface area contributed by atoms with Crippen LogP contribution in [0.25, 0.3) is 0 Å². The molecule has 1 nitrogen and oxygen atoms in total. The minimum absolute atomic E-state index is 0.126. The molecule has 6 heteroatoms. The SMILES string of the molecule is CC1C(C)C2OC1C(CC(C)(C)C(F)(F)F)C2(F)F. The highest BCUT2D eigenvalue weighted by molar-refractivity contribution is 5.09. The lowest BCUT2D eigenvalue weighted by Gasteiger charge is -2.39. The van der Waals surface area contributed by atoms with E-state index in [2.05, 4.69) is 0 Å². The largest absolute Gasteiger partial charge is 0.393 e. The Morgan fingerprint density at radius 1 is 1.05 bits per heavy atom. The van der Waals surface area contributed by atoms with E-state index >= 15 is 0 Å². The fourth-order valence-corrected chi connectivity index (χ4v) is 3.24. The maximum absolute atomic E-state index is 14.2. The standard InChI is InChI=1S/C13H19F5O/c1-6-7(2)10-12(14,15)8(9(6)19-10)5-11(3,4)13(16,17)18/h6-10H,5H2,1-4H3. The highest BCUT2D eigenvalue weighted by atomic mass is 19.4. The van der Waals surface area contributed by atoms with E-state index in [4.69, 9.17) is 4.74 Å². The Labute approximate surface area is 109 Å². The van der Waals surface area contributed by atoms with Crippen molar-refractivity contribution in [3.8, 4) is 0 Å². The van der Waals surface area contributed by atoms with E-state index in [0.717, 1.165) is 13.8 Å². The van der Waals surface area contributed by atoms with Crippen molar-refractivity contribution in [2.45, 2.75) is 58.4 Å². The average Bonchev–Trinajstić information content (AvgIpc) is 2.63. The van der Waals surface area contributed by atoms with Gasteiger partial charge in [0.25, 0.3) is 5.92 Å². The van der Waals surface area contributed by atoms with Crippen LogP contribution in [0.4, 0.5) is 22.0 Å². The van der Waals surface area contributed by atoms with Crippen molar-refractivity contribution in [1.82, 2.24) is 0 Å². The summed E-state index contributed by atoms with van der Waals surface area (Å²) in [6, 6.07) is 0. The van der Waals surface area contributed by atoms with Crippen LogP contribution >= 0.6 is 0 Å². The first-order valence-electron chi connectivity index (χ1n) is 6.49. The van der Waals surface area contributed by atoms with Gasteiger partial charge in [0.2, 0.25) is 0 Å². The average molecular weight is 286 g/mol. The molecule has 0 amide bonds. The van der Waals surface area contributed by atoms with Gasteiger partial charge in [-0.15, -0.1) is 0 Å². The lowest BCUT2D eigenvalue weighted by molar-refractivity contribution is -0.226.